The maximum absolute atomic E-state index is 12.2. The quantitative estimate of drug-likeness (QED) is 0.280. The molecule has 100 valence electrons. The Morgan fingerprint density at radius 2 is 2.06 bits per heavy atom. The van der Waals surface area contributed by atoms with Crippen molar-refractivity contribution in [3.63, 3.8) is 0 Å². The second-order valence-corrected chi connectivity index (χ2v) is 5.31. The number of amidine groups is 1. The Hall–Kier alpha value is -0.910. The molecule has 17 heavy (non-hydrogen) atoms. The van der Waals surface area contributed by atoms with Gasteiger partial charge in [-0.1, -0.05) is 25.9 Å². The predicted octanol–water partition coefficient (Wildman–Crippen LogP) is 1.41. The normalized spacial score (nSPS) is 14.5. The molecule has 0 aliphatic rings. The molecule has 1 amide bonds. The third-order valence-corrected chi connectivity index (χ3v) is 4.16. The van der Waals surface area contributed by atoms with Crippen LogP contribution in [0.2, 0.25) is 0 Å². The SMILES string of the molecule is CCC(CC)(C(=O)NCC(C)SC)C(N)=NO. The second kappa shape index (κ2) is 7.42. The molecule has 0 bridgehead atoms. The Balaban J connectivity index is 4.78. The van der Waals surface area contributed by atoms with Crippen molar-refractivity contribution in [3.05, 3.63) is 0 Å². The maximum Gasteiger partial charge on any atom is 0.233 e. The van der Waals surface area contributed by atoms with Gasteiger partial charge < -0.3 is 16.3 Å². The number of nitrogens with one attached hydrogen (secondary N) is 1. The van der Waals surface area contributed by atoms with Crippen LogP contribution in [-0.4, -0.2) is 35.0 Å². The van der Waals surface area contributed by atoms with Crippen LogP contribution in [0.4, 0.5) is 0 Å². The zero-order valence-corrected chi connectivity index (χ0v) is 11.8. The second-order valence-electron chi connectivity index (χ2n) is 4.03. The zero-order chi connectivity index (χ0) is 13.5. The number of amides is 1. The van der Waals surface area contributed by atoms with Crippen molar-refractivity contribution in [2.45, 2.75) is 38.9 Å². The van der Waals surface area contributed by atoms with E-state index >= 15 is 0 Å². The fourth-order valence-corrected chi connectivity index (χ4v) is 1.88. The highest BCUT2D eigenvalue weighted by Gasteiger charge is 2.39. The molecule has 6 heteroatoms. The molecule has 1 atom stereocenters. The highest BCUT2D eigenvalue weighted by Crippen LogP contribution is 2.27. The minimum Gasteiger partial charge on any atom is -0.409 e. The first-order valence-electron chi connectivity index (χ1n) is 5.77. The monoisotopic (exact) mass is 261 g/mol. The van der Waals surface area contributed by atoms with Crippen molar-refractivity contribution < 1.29 is 10.0 Å². The summed E-state index contributed by atoms with van der Waals surface area (Å²) in [6, 6.07) is 0. The summed E-state index contributed by atoms with van der Waals surface area (Å²) in [4.78, 5) is 12.2. The van der Waals surface area contributed by atoms with Crippen LogP contribution >= 0.6 is 11.8 Å². The Morgan fingerprint density at radius 3 is 2.41 bits per heavy atom. The highest BCUT2D eigenvalue weighted by atomic mass is 32.2. The molecule has 4 N–H and O–H groups in total. The van der Waals surface area contributed by atoms with Crippen LogP contribution in [0.5, 0.6) is 0 Å². The minimum absolute atomic E-state index is 0.0168. The van der Waals surface area contributed by atoms with Gasteiger partial charge in [-0.25, -0.2) is 0 Å². The number of oxime groups is 1. The third kappa shape index (κ3) is 3.80. The molecular weight excluding hydrogens is 238 g/mol. The molecule has 0 spiro atoms. The molecule has 0 aromatic heterocycles. The Morgan fingerprint density at radius 1 is 1.53 bits per heavy atom. The molecule has 5 nitrogen and oxygen atoms in total. The van der Waals surface area contributed by atoms with E-state index in [0.717, 1.165) is 0 Å². The van der Waals surface area contributed by atoms with Gasteiger partial charge in [-0.2, -0.15) is 11.8 Å². The molecule has 0 aliphatic carbocycles. The largest absolute Gasteiger partial charge is 0.409 e. The van der Waals surface area contributed by atoms with E-state index in [2.05, 4.69) is 10.5 Å². The summed E-state index contributed by atoms with van der Waals surface area (Å²) in [7, 11) is 0. The first-order valence-corrected chi connectivity index (χ1v) is 7.06. The maximum atomic E-state index is 12.2. The molecular formula is C11H23N3O2S. The van der Waals surface area contributed by atoms with Gasteiger partial charge in [0.15, 0.2) is 5.84 Å². The van der Waals surface area contributed by atoms with Gasteiger partial charge in [-0.15, -0.1) is 0 Å². The van der Waals surface area contributed by atoms with Gasteiger partial charge in [-0.05, 0) is 19.1 Å². The molecule has 0 rings (SSSR count). The third-order valence-electron chi connectivity index (χ3n) is 3.19. The van der Waals surface area contributed by atoms with E-state index < -0.39 is 5.41 Å². The van der Waals surface area contributed by atoms with E-state index in [-0.39, 0.29) is 11.7 Å². The number of rotatable bonds is 7. The summed E-state index contributed by atoms with van der Waals surface area (Å²) in [5, 5.41) is 15.0. The summed E-state index contributed by atoms with van der Waals surface area (Å²) >= 11 is 1.68. The summed E-state index contributed by atoms with van der Waals surface area (Å²) in [5.74, 6) is -0.185. The number of nitrogens with two attached hydrogens (primary N) is 1. The van der Waals surface area contributed by atoms with Gasteiger partial charge in [0.2, 0.25) is 5.91 Å². The van der Waals surface area contributed by atoms with Gasteiger partial charge >= 0.3 is 0 Å². The lowest BCUT2D eigenvalue weighted by Gasteiger charge is -2.29. The molecule has 0 saturated heterocycles. The summed E-state index contributed by atoms with van der Waals surface area (Å²) in [6.07, 6.45) is 3.02. The summed E-state index contributed by atoms with van der Waals surface area (Å²) in [5.41, 5.74) is 4.75. The van der Waals surface area contributed by atoms with Crippen molar-refractivity contribution in [2.24, 2.45) is 16.3 Å². The molecule has 0 saturated carbocycles. The Kier molecular flexibility index (Phi) is 7.03. The average molecular weight is 261 g/mol. The number of carbonyl (C=O) groups excluding carboxylic acids is 1. The molecule has 0 aliphatic heterocycles. The number of hydrogen-bond donors (Lipinski definition) is 3. The van der Waals surface area contributed by atoms with Crippen LogP contribution in [0.25, 0.3) is 0 Å². The van der Waals surface area contributed by atoms with E-state index in [1.165, 1.54) is 0 Å². The molecule has 1 unspecified atom stereocenters. The molecule has 0 aromatic carbocycles. The lowest BCUT2D eigenvalue weighted by atomic mass is 9.80. The lowest BCUT2D eigenvalue weighted by Crippen LogP contribution is -2.50. The number of carbonyl (C=O) groups is 1. The average Bonchev–Trinajstić information content (AvgIpc) is 2.37. The number of hydrogen-bond acceptors (Lipinski definition) is 4. The van der Waals surface area contributed by atoms with E-state index in [9.17, 15) is 4.79 Å². The van der Waals surface area contributed by atoms with Crippen molar-refractivity contribution in [3.8, 4) is 0 Å². The van der Waals surface area contributed by atoms with Crippen molar-refractivity contribution in [1.29, 1.82) is 0 Å². The fourth-order valence-electron chi connectivity index (χ4n) is 1.63. The first kappa shape index (κ1) is 16.1. The van der Waals surface area contributed by atoms with Crippen LogP contribution in [0.3, 0.4) is 0 Å². The molecule has 0 fully saturated rings. The minimum atomic E-state index is -0.896. The van der Waals surface area contributed by atoms with Crippen LogP contribution in [-0.2, 0) is 4.79 Å². The first-order chi connectivity index (χ1) is 7.98. The van der Waals surface area contributed by atoms with Crippen molar-refractivity contribution in [2.75, 3.05) is 12.8 Å². The van der Waals surface area contributed by atoms with Crippen molar-refractivity contribution in [1.82, 2.24) is 5.32 Å². The van der Waals surface area contributed by atoms with Crippen LogP contribution < -0.4 is 11.1 Å². The van der Waals surface area contributed by atoms with Crippen LogP contribution in [0.15, 0.2) is 5.16 Å². The van der Waals surface area contributed by atoms with E-state index in [4.69, 9.17) is 10.9 Å². The predicted molar refractivity (Wildman–Crippen MR) is 72.4 cm³/mol. The topological polar surface area (TPSA) is 87.7 Å². The summed E-state index contributed by atoms with van der Waals surface area (Å²) in [6.45, 7) is 6.34. The lowest BCUT2D eigenvalue weighted by molar-refractivity contribution is -0.127. The van der Waals surface area contributed by atoms with Gasteiger partial charge in [0.1, 0.15) is 5.41 Å². The zero-order valence-electron chi connectivity index (χ0n) is 11.0. The Labute approximate surface area is 107 Å². The smallest absolute Gasteiger partial charge is 0.233 e. The van der Waals surface area contributed by atoms with Crippen LogP contribution in [0.1, 0.15) is 33.6 Å². The van der Waals surface area contributed by atoms with E-state index in [1.807, 2.05) is 27.0 Å². The van der Waals surface area contributed by atoms with Gasteiger partial charge in [-0.3, -0.25) is 4.79 Å². The number of nitrogens with zero attached hydrogens (tertiary/aromatic N) is 1. The van der Waals surface area contributed by atoms with Gasteiger partial charge in [0.25, 0.3) is 0 Å². The Bertz CT molecular complexity index is 278. The molecule has 0 aromatic rings. The molecule has 0 radical (unpaired) electrons. The fraction of sp³-hybridized carbons (Fsp3) is 0.818. The highest BCUT2D eigenvalue weighted by molar-refractivity contribution is 7.99. The molecule has 0 heterocycles. The van der Waals surface area contributed by atoms with Gasteiger partial charge in [0, 0.05) is 11.8 Å². The number of thioether (sulfide) groups is 1. The van der Waals surface area contributed by atoms with Crippen molar-refractivity contribution >= 4 is 23.5 Å². The summed E-state index contributed by atoms with van der Waals surface area (Å²) < 4.78 is 0. The standard InChI is InChI=1S/C11H23N3O2S/c1-5-11(6-2,9(12)14-16)10(15)13-7-8(3)17-4/h8,16H,5-7H2,1-4H3,(H2,12,14)(H,13,15). The van der Waals surface area contributed by atoms with E-state index in [0.29, 0.717) is 24.6 Å². The van der Waals surface area contributed by atoms with E-state index in [1.54, 1.807) is 11.8 Å². The van der Waals surface area contributed by atoms with Gasteiger partial charge in [0.05, 0.1) is 0 Å². The van der Waals surface area contributed by atoms with Crippen LogP contribution in [0, 0.1) is 5.41 Å².